The maximum absolute atomic E-state index is 9.23. The molecule has 1 aromatic carbocycles. The molecule has 6 rings (SSSR count). The van der Waals surface area contributed by atoms with Crippen molar-refractivity contribution in [2.45, 2.75) is 12.8 Å². The van der Waals surface area contributed by atoms with Crippen LogP contribution >= 0.6 is 0 Å². The smallest absolute Gasteiger partial charge is 0.198 e. The second-order valence-corrected chi connectivity index (χ2v) is 8.59. The second kappa shape index (κ2) is 8.97. The van der Waals surface area contributed by atoms with Gasteiger partial charge in [0.2, 0.25) is 0 Å². The SMILES string of the molecule is CON1CCN(c2cnc(-c3oc4cnccc4c3Nc3ccc4c(c3)CC/C4=N\O)nc2)CC1. The summed E-state index contributed by atoms with van der Waals surface area (Å²) < 4.78 is 6.16. The molecule has 2 N–H and O–H groups in total. The molecule has 1 fully saturated rings. The third-order valence-corrected chi connectivity index (χ3v) is 6.63. The summed E-state index contributed by atoms with van der Waals surface area (Å²) in [6.45, 7) is 3.35. The number of hydroxylamine groups is 2. The van der Waals surface area contributed by atoms with Crippen molar-refractivity contribution in [3.63, 3.8) is 0 Å². The van der Waals surface area contributed by atoms with E-state index < -0.39 is 0 Å². The summed E-state index contributed by atoms with van der Waals surface area (Å²) in [6.07, 6.45) is 8.69. The molecule has 4 heterocycles. The number of oxime groups is 1. The van der Waals surface area contributed by atoms with Gasteiger partial charge in [0.25, 0.3) is 0 Å². The standard InChI is InChI=1S/C25H25N7O3/c1-34-32-10-8-31(9-11-32)18-13-27-25(28-14-18)24-23(20-6-7-26-15-22(20)35-24)29-17-3-4-19-16(12-17)2-5-21(19)30-33/h3-4,6-7,12-15,29,33H,2,5,8-11H2,1H3/b30-21+. The molecule has 0 radical (unpaired) electrons. The van der Waals surface area contributed by atoms with Crippen molar-refractivity contribution in [3.05, 3.63) is 60.2 Å². The molecule has 4 aromatic rings. The molecule has 1 aliphatic heterocycles. The molecule has 3 aromatic heterocycles. The number of nitrogens with one attached hydrogen (secondary N) is 1. The zero-order chi connectivity index (χ0) is 23.8. The van der Waals surface area contributed by atoms with Gasteiger partial charge in [-0.25, -0.2) is 9.97 Å². The lowest BCUT2D eigenvalue weighted by atomic mass is 10.1. The van der Waals surface area contributed by atoms with Crippen molar-refractivity contribution in [3.8, 4) is 11.6 Å². The minimum atomic E-state index is 0.499. The van der Waals surface area contributed by atoms with E-state index in [2.05, 4.69) is 36.4 Å². The zero-order valence-corrected chi connectivity index (χ0v) is 19.3. The number of pyridine rings is 1. The molecule has 1 saturated heterocycles. The van der Waals surface area contributed by atoms with E-state index in [0.717, 1.165) is 78.3 Å². The van der Waals surface area contributed by atoms with Crippen molar-refractivity contribution >= 4 is 33.7 Å². The Kier molecular flexibility index (Phi) is 5.51. The number of furan rings is 1. The number of piperazine rings is 1. The largest absolute Gasteiger partial charge is 0.449 e. The fourth-order valence-corrected chi connectivity index (χ4v) is 4.76. The minimum Gasteiger partial charge on any atom is -0.449 e. The molecule has 0 spiro atoms. The zero-order valence-electron chi connectivity index (χ0n) is 19.3. The molecule has 0 unspecified atom stereocenters. The molecule has 1 aliphatic carbocycles. The summed E-state index contributed by atoms with van der Waals surface area (Å²) >= 11 is 0. The van der Waals surface area contributed by atoms with Gasteiger partial charge in [0.15, 0.2) is 17.2 Å². The van der Waals surface area contributed by atoms with Crippen LogP contribution in [0.4, 0.5) is 17.1 Å². The lowest BCUT2D eigenvalue weighted by Gasteiger charge is -2.34. The van der Waals surface area contributed by atoms with Crippen LogP contribution in [-0.4, -0.2) is 64.2 Å². The monoisotopic (exact) mass is 471 g/mol. The maximum atomic E-state index is 9.23. The number of hydrogen-bond donors (Lipinski definition) is 2. The summed E-state index contributed by atoms with van der Waals surface area (Å²) in [5.41, 5.74) is 6.19. The Balaban J connectivity index is 1.32. The van der Waals surface area contributed by atoms with Gasteiger partial charge in [-0.05, 0) is 36.6 Å². The highest BCUT2D eigenvalue weighted by Crippen LogP contribution is 2.39. The molecule has 2 aliphatic rings. The fraction of sp³-hybridized carbons (Fsp3) is 0.280. The van der Waals surface area contributed by atoms with Crippen LogP contribution < -0.4 is 10.2 Å². The summed E-state index contributed by atoms with van der Waals surface area (Å²) in [6, 6.07) is 7.96. The summed E-state index contributed by atoms with van der Waals surface area (Å²) in [5, 5.41) is 19.0. The van der Waals surface area contributed by atoms with Crippen LogP contribution in [0.3, 0.4) is 0 Å². The topological polar surface area (TPSA) is 112 Å². The Morgan fingerprint density at radius 1 is 1.06 bits per heavy atom. The fourth-order valence-electron chi connectivity index (χ4n) is 4.76. The highest BCUT2D eigenvalue weighted by molar-refractivity contribution is 6.05. The first-order valence-electron chi connectivity index (χ1n) is 11.6. The summed E-state index contributed by atoms with van der Waals surface area (Å²) in [7, 11) is 1.70. The van der Waals surface area contributed by atoms with Gasteiger partial charge >= 0.3 is 0 Å². The van der Waals surface area contributed by atoms with Crippen molar-refractivity contribution in [2.75, 3.05) is 43.5 Å². The number of fused-ring (bicyclic) bond motifs is 2. The molecule has 178 valence electrons. The van der Waals surface area contributed by atoms with Gasteiger partial charge in [0.1, 0.15) is 0 Å². The van der Waals surface area contributed by atoms with Gasteiger partial charge in [0.05, 0.1) is 42.8 Å². The van der Waals surface area contributed by atoms with Crippen molar-refractivity contribution in [2.24, 2.45) is 5.16 Å². The average molecular weight is 472 g/mol. The van der Waals surface area contributed by atoms with Crippen LogP contribution in [-0.2, 0) is 11.3 Å². The van der Waals surface area contributed by atoms with Crippen LogP contribution in [0.2, 0.25) is 0 Å². The minimum absolute atomic E-state index is 0.499. The summed E-state index contributed by atoms with van der Waals surface area (Å²) in [5.74, 6) is 1.06. The number of rotatable bonds is 5. The molecule has 10 nitrogen and oxygen atoms in total. The number of anilines is 3. The molecule has 0 atom stereocenters. The number of aryl methyl sites for hydroxylation is 1. The van der Waals surface area contributed by atoms with Gasteiger partial charge in [-0.1, -0.05) is 11.2 Å². The quantitative estimate of drug-likeness (QED) is 0.331. The Labute approximate surface area is 201 Å². The van der Waals surface area contributed by atoms with Crippen molar-refractivity contribution in [1.82, 2.24) is 20.0 Å². The van der Waals surface area contributed by atoms with Gasteiger partial charge in [-0.2, -0.15) is 5.06 Å². The Morgan fingerprint density at radius 2 is 1.89 bits per heavy atom. The predicted octanol–water partition coefficient (Wildman–Crippen LogP) is 3.84. The predicted molar refractivity (Wildman–Crippen MR) is 132 cm³/mol. The number of benzene rings is 1. The molecule has 0 bridgehead atoms. The van der Waals surface area contributed by atoms with E-state index in [9.17, 15) is 5.21 Å². The number of aromatic nitrogens is 3. The van der Waals surface area contributed by atoms with E-state index >= 15 is 0 Å². The van der Waals surface area contributed by atoms with E-state index in [0.29, 0.717) is 17.2 Å². The van der Waals surface area contributed by atoms with Crippen LogP contribution in [0.5, 0.6) is 0 Å². The van der Waals surface area contributed by atoms with Gasteiger partial charge in [0, 0.05) is 49.0 Å². The molecule has 0 amide bonds. The highest BCUT2D eigenvalue weighted by Gasteiger charge is 2.22. The molecular weight excluding hydrogens is 446 g/mol. The Bertz CT molecular complexity index is 1390. The van der Waals surface area contributed by atoms with Crippen molar-refractivity contribution in [1.29, 1.82) is 0 Å². The first kappa shape index (κ1) is 21.5. The Hall–Kier alpha value is -4.02. The van der Waals surface area contributed by atoms with Crippen molar-refractivity contribution < 1.29 is 14.5 Å². The lowest BCUT2D eigenvalue weighted by molar-refractivity contribution is -0.133. The van der Waals surface area contributed by atoms with E-state index in [1.54, 1.807) is 19.5 Å². The first-order chi connectivity index (χ1) is 17.2. The molecule has 10 heteroatoms. The van der Waals surface area contributed by atoms with Crippen LogP contribution in [0.1, 0.15) is 17.5 Å². The number of nitrogens with zero attached hydrogens (tertiary/aromatic N) is 6. The Morgan fingerprint density at radius 3 is 2.66 bits per heavy atom. The molecular formula is C25H25N7O3. The molecule has 35 heavy (non-hydrogen) atoms. The van der Waals surface area contributed by atoms with Gasteiger partial charge < -0.3 is 24.7 Å². The van der Waals surface area contributed by atoms with E-state index in [1.165, 1.54) is 0 Å². The molecule has 0 saturated carbocycles. The van der Waals surface area contributed by atoms with Crippen LogP contribution in [0.25, 0.3) is 22.6 Å². The van der Waals surface area contributed by atoms with E-state index in [4.69, 9.17) is 9.25 Å². The van der Waals surface area contributed by atoms with Crippen LogP contribution in [0, 0.1) is 0 Å². The number of hydrogen-bond acceptors (Lipinski definition) is 10. The normalized spacial score (nSPS) is 17.3. The third-order valence-electron chi connectivity index (χ3n) is 6.63. The highest BCUT2D eigenvalue weighted by atomic mass is 16.7. The average Bonchev–Trinajstić information content (AvgIpc) is 3.50. The second-order valence-electron chi connectivity index (χ2n) is 8.59. The van der Waals surface area contributed by atoms with Gasteiger partial charge in [-0.15, -0.1) is 0 Å². The van der Waals surface area contributed by atoms with Gasteiger partial charge in [-0.3, -0.25) is 4.98 Å². The maximum Gasteiger partial charge on any atom is 0.198 e. The first-order valence-corrected chi connectivity index (χ1v) is 11.6. The third kappa shape index (κ3) is 3.96. The van der Waals surface area contributed by atoms with Crippen LogP contribution in [0.15, 0.2) is 58.6 Å². The lowest BCUT2D eigenvalue weighted by Crippen LogP contribution is -2.45. The summed E-state index contributed by atoms with van der Waals surface area (Å²) in [4.78, 5) is 21.0. The van der Waals surface area contributed by atoms with E-state index in [1.807, 2.05) is 35.7 Å². The van der Waals surface area contributed by atoms with E-state index in [-0.39, 0.29) is 0 Å².